The molecule has 5 aromatic rings. The molecule has 71 heavy (non-hydrogen) atoms. The van der Waals surface area contributed by atoms with Gasteiger partial charge in [0.05, 0.1) is 44.0 Å². The van der Waals surface area contributed by atoms with Gasteiger partial charge >= 0.3 is 12.1 Å². The van der Waals surface area contributed by atoms with E-state index in [1.165, 1.54) is 0 Å². The van der Waals surface area contributed by atoms with Crippen LogP contribution in [0.25, 0.3) is 11.1 Å². The smallest absolute Gasteiger partial charge is 0.407 e. The zero-order chi connectivity index (χ0) is 51.3. The fourth-order valence-electron chi connectivity index (χ4n) is 8.66. The molecule has 374 valence electrons. The minimum absolute atomic E-state index is 0.00945. The number of benzene rings is 5. The third-order valence-corrected chi connectivity index (χ3v) is 11.8. The van der Waals surface area contributed by atoms with Gasteiger partial charge in [-0.25, -0.2) is 9.59 Å². The second kappa shape index (κ2) is 23.5. The molecule has 5 N–H and O–H groups in total. The number of esters is 1. The minimum atomic E-state index is -1.60. The van der Waals surface area contributed by atoms with Crippen LogP contribution in [0.3, 0.4) is 0 Å². The Morgan fingerprint density at radius 2 is 1.07 bits per heavy atom. The van der Waals surface area contributed by atoms with E-state index in [9.17, 15) is 28.8 Å². The van der Waals surface area contributed by atoms with Crippen molar-refractivity contribution in [3.05, 3.63) is 167 Å². The zero-order valence-corrected chi connectivity index (χ0v) is 41.6. The van der Waals surface area contributed by atoms with E-state index in [0.29, 0.717) is 0 Å². The average molecular weight is 968 g/mol. The van der Waals surface area contributed by atoms with Crippen molar-refractivity contribution in [2.75, 3.05) is 26.9 Å². The second-order valence-corrected chi connectivity index (χ2v) is 19.3. The van der Waals surface area contributed by atoms with Gasteiger partial charge in [-0.1, -0.05) is 140 Å². The van der Waals surface area contributed by atoms with E-state index in [-0.39, 0.29) is 19.1 Å². The average Bonchev–Trinajstić information content (AvgIpc) is 3.67. The maximum Gasteiger partial charge on any atom is 0.407 e. The van der Waals surface area contributed by atoms with Gasteiger partial charge in [-0.15, -0.1) is 0 Å². The van der Waals surface area contributed by atoms with Crippen molar-refractivity contribution in [3.8, 4) is 11.1 Å². The summed E-state index contributed by atoms with van der Waals surface area (Å²) < 4.78 is 22.7. The number of methoxy groups -OCH3 is 1. The van der Waals surface area contributed by atoms with E-state index in [4.69, 9.17) is 18.9 Å². The molecular weight excluding hydrogens is 903 g/mol. The van der Waals surface area contributed by atoms with E-state index in [1.54, 1.807) is 48.5 Å². The number of carbonyl (C=O) groups is 6. The van der Waals surface area contributed by atoms with Gasteiger partial charge in [0.25, 0.3) is 0 Å². The predicted molar refractivity (Wildman–Crippen MR) is 269 cm³/mol. The lowest BCUT2D eigenvalue weighted by Gasteiger charge is -2.37. The molecule has 4 atom stereocenters. The molecule has 0 fully saturated rings. The molecule has 15 nitrogen and oxygen atoms in total. The quantitative estimate of drug-likeness (QED) is 0.0415. The van der Waals surface area contributed by atoms with Gasteiger partial charge in [0.15, 0.2) is 6.04 Å². The topological polar surface area (TPSA) is 199 Å². The molecule has 5 aromatic carbocycles. The van der Waals surface area contributed by atoms with Crippen molar-refractivity contribution >= 4 is 35.7 Å². The van der Waals surface area contributed by atoms with Crippen molar-refractivity contribution in [1.29, 1.82) is 0 Å². The summed E-state index contributed by atoms with van der Waals surface area (Å²) in [7, 11) is 1.16. The summed E-state index contributed by atoms with van der Waals surface area (Å²) in [6, 6.07) is 39.6. The Bertz CT molecular complexity index is 2490. The molecule has 5 amide bonds. The first kappa shape index (κ1) is 53.0. The summed E-state index contributed by atoms with van der Waals surface area (Å²) in [6.45, 7) is 11.3. The van der Waals surface area contributed by atoms with Crippen LogP contribution in [-0.2, 0) is 48.5 Å². The molecule has 0 bridgehead atoms. The van der Waals surface area contributed by atoms with Crippen LogP contribution in [0, 0.1) is 0 Å². The third-order valence-electron chi connectivity index (χ3n) is 11.8. The van der Waals surface area contributed by atoms with Crippen LogP contribution < -0.4 is 26.6 Å². The van der Waals surface area contributed by atoms with Crippen LogP contribution in [-0.4, -0.2) is 98.0 Å². The number of fused-ring (bicyclic) bond motifs is 3. The van der Waals surface area contributed by atoms with Gasteiger partial charge in [-0.05, 0) is 87.4 Å². The van der Waals surface area contributed by atoms with Gasteiger partial charge in [0, 0.05) is 5.92 Å². The number of amides is 5. The fraction of sp³-hybridized carbons (Fsp3) is 0.357. The number of hydrogen-bond donors (Lipinski definition) is 5. The molecule has 0 saturated heterocycles. The van der Waals surface area contributed by atoms with E-state index < -0.39 is 89.6 Å². The number of alkyl carbamates (subject to hydrolysis) is 1. The normalized spacial score (nSPS) is 14.0. The summed E-state index contributed by atoms with van der Waals surface area (Å²) >= 11 is 0. The molecule has 0 heterocycles. The summed E-state index contributed by atoms with van der Waals surface area (Å²) in [4.78, 5) is 83.4. The summed E-state index contributed by atoms with van der Waals surface area (Å²) in [5.74, 6) is -4.25. The lowest BCUT2D eigenvalue weighted by Crippen LogP contribution is -2.58. The van der Waals surface area contributed by atoms with Crippen LogP contribution in [0.5, 0.6) is 0 Å². The van der Waals surface area contributed by atoms with Gasteiger partial charge in [0.1, 0.15) is 24.2 Å². The number of hydrogen-bond acceptors (Lipinski definition) is 10. The van der Waals surface area contributed by atoms with Gasteiger partial charge in [-0.3, -0.25) is 19.2 Å². The third kappa shape index (κ3) is 13.9. The van der Waals surface area contributed by atoms with Crippen LogP contribution in [0.4, 0.5) is 4.79 Å². The van der Waals surface area contributed by atoms with Crippen molar-refractivity contribution in [1.82, 2.24) is 26.6 Å². The highest BCUT2D eigenvalue weighted by Crippen LogP contribution is 2.44. The van der Waals surface area contributed by atoms with Gasteiger partial charge in [0.2, 0.25) is 23.6 Å². The first-order valence-electron chi connectivity index (χ1n) is 23.7. The van der Waals surface area contributed by atoms with E-state index in [0.717, 1.165) is 46.1 Å². The molecule has 0 aliphatic heterocycles. The molecule has 0 saturated carbocycles. The fourth-order valence-corrected chi connectivity index (χ4v) is 8.66. The highest BCUT2D eigenvalue weighted by Gasteiger charge is 2.40. The van der Waals surface area contributed by atoms with Crippen LogP contribution >= 0.6 is 0 Å². The molecular formula is C56H65N5O10. The largest absolute Gasteiger partial charge is 0.467 e. The number of ether oxygens (including phenoxy) is 4. The highest BCUT2D eigenvalue weighted by atomic mass is 16.6. The number of nitrogens with one attached hydrogen (secondary N) is 5. The lowest BCUT2D eigenvalue weighted by molar-refractivity contribution is -0.149. The maximum atomic E-state index is 14.6. The van der Waals surface area contributed by atoms with Crippen molar-refractivity contribution in [2.24, 2.45) is 0 Å². The molecule has 0 aromatic heterocycles. The van der Waals surface area contributed by atoms with Gasteiger partial charge in [-0.2, -0.15) is 0 Å². The summed E-state index contributed by atoms with van der Waals surface area (Å²) in [6.07, 6.45) is -2.40. The molecule has 6 rings (SSSR count). The standard InChI is InChI=1S/C56H65N5O10/c1-36(71-55(5,6)7)49(60-53(67)69-34-44-42-30-20-18-28-40(42)41-29-19-21-31-43(41)44)51(65)57-33-48(63)58-45(50(64)59-46(52(66)68-8)35-70-54(2,3)4)32-47(62)61-56(37-22-12-9-13-23-37,38-24-14-10-15-25-38)39-26-16-11-17-27-39/h9-31,36,44-46,49H,32-35H2,1-8H3,(H,57,65)(H,58,63)(H,59,64)(H,60,67)(H,61,62)/t36?,45-,46-,49-/m0/s1. The number of carbonyl (C=O) groups excluding carboxylic acids is 6. The monoisotopic (exact) mass is 967 g/mol. The van der Waals surface area contributed by atoms with Crippen molar-refractivity contribution in [2.45, 2.75) is 102 Å². The Morgan fingerprint density at radius 1 is 0.577 bits per heavy atom. The molecule has 1 aliphatic rings. The van der Waals surface area contributed by atoms with Crippen LogP contribution in [0.15, 0.2) is 140 Å². The Morgan fingerprint density at radius 3 is 1.55 bits per heavy atom. The Labute approximate surface area is 415 Å². The molecule has 0 spiro atoms. The first-order valence-corrected chi connectivity index (χ1v) is 23.7. The van der Waals surface area contributed by atoms with Crippen molar-refractivity contribution < 1.29 is 47.7 Å². The first-order chi connectivity index (χ1) is 33.8. The SMILES string of the molecule is COC(=O)[C@H](COC(C)(C)C)NC(=O)[C@H](CC(=O)NC(c1ccccc1)(c1ccccc1)c1ccccc1)NC(=O)CNC(=O)[C@@H](NC(=O)OCC1c2ccccc2-c2ccccc21)C(C)OC(C)(C)C. The summed E-state index contributed by atoms with van der Waals surface area (Å²) in [5.41, 5.74) is 3.57. The number of rotatable bonds is 20. The van der Waals surface area contributed by atoms with E-state index in [1.807, 2.05) is 140 Å². The van der Waals surface area contributed by atoms with Crippen molar-refractivity contribution in [3.63, 3.8) is 0 Å². The molecule has 0 radical (unpaired) electrons. The predicted octanol–water partition coefficient (Wildman–Crippen LogP) is 6.67. The maximum absolute atomic E-state index is 14.6. The second-order valence-electron chi connectivity index (χ2n) is 19.3. The van der Waals surface area contributed by atoms with E-state index >= 15 is 0 Å². The van der Waals surface area contributed by atoms with Crippen LogP contribution in [0.2, 0.25) is 0 Å². The summed E-state index contributed by atoms with van der Waals surface area (Å²) in [5, 5.41) is 13.6. The molecule has 1 unspecified atom stereocenters. The molecule has 15 heteroatoms. The Hall–Kier alpha value is -7.36. The Balaban J connectivity index is 1.22. The van der Waals surface area contributed by atoms with Gasteiger partial charge < -0.3 is 45.5 Å². The zero-order valence-electron chi connectivity index (χ0n) is 41.6. The Kier molecular flexibility index (Phi) is 17.5. The lowest BCUT2D eigenvalue weighted by atomic mass is 9.77. The van der Waals surface area contributed by atoms with Crippen LogP contribution in [0.1, 0.15) is 88.6 Å². The van der Waals surface area contributed by atoms with E-state index in [2.05, 4.69) is 26.6 Å². The molecule has 1 aliphatic carbocycles. The minimum Gasteiger partial charge on any atom is -0.467 e. The highest BCUT2D eigenvalue weighted by molar-refractivity contribution is 5.96.